The van der Waals surface area contributed by atoms with Crippen LogP contribution in [0.25, 0.3) is 0 Å². The summed E-state index contributed by atoms with van der Waals surface area (Å²) in [7, 11) is 0. The molecule has 1 aliphatic rings. The van der Waals surface area contributed by atoms with Gasteiger partial charge in [-0.3, -0.25) is 14.4 Å². The van der Waals surface area contributed by atoms with Crippen molar-refractivity contribution in [2.45, 2.75) is 39.7 Å². The molecule has 0 saturated carbocycles. The van der Waals surface area contributed by atoms with Gasteiger partial charge in [-0.15, -0.1) is 0 Å². The zero-order chi connectivity index (χ0) is 14.4. The van der Waals surface area contributed by atoms with Gasteiger partial charge in [0.2, 0.25) is 5.91 Å². The molecule has 1 saturated heterocycles. The largest absolute Gasteiger partial charge is 0.346 e. The minimum atomic E-state index is -0.566. The number of carbonyl (C=O) groups is 3. The summed E-state index contributed by atoms with van der Waals surface area (Å²) < 4.78 is 0. The van der Waals surface area contributed by atoms with Crippen LogP contribution in [0.1, 0.15) is 33.6 Å². The lowest BCUT2D eigenvalue weighted by Crippen LogP contribution is -2.54. The molecular weight excluding hydrogens is 246 g/mol. The Labute approximate surface area is 114 Å². The number of carbonyl (C=O) groups excluding carboxylic acids is 3. The lowest BCUT2D eigenvalue weighted by Gasteiger charge is -2.34. The number of amides is 3. The standard InChI is InChI=1S/C13H23N3O3/c1-4-5-11(17)15-6-8-16(9-7-15)13(19)12(18)14-10(2)3/h10H,4-9H2,1-3H3,(H,14,18). The van der Waals surface area contributed by atoms with Gasteiger partial charge in [0.25, 0.3) is 0 Å². The Kier molecular flexibility index (Phi) is 5.79. The Morgan fingerprint density at radius 1 is 1.05 bits per heavy atom. The minimum absolute atomic E-state index is 0.0520. The minimum Gasteiger partial charge on any atom is -0.346 e. The van der Waals surface area contributed by atoms with Crippen LogP contribution in [-0.2, 0) is 14.4 Å². The molecule has 1 fully saturated rings. The quantitative estimate of drug-likeness (QED) is 0.732. The summed E-state index contributed by atoms with van der Waals surface area (Å²) >= 11 is 0. The first-order valence-electron chi connectivity index (χ1n) is 6.83. The van der Waals surface area contributed by atoms with E-state index in [2.05, 4.69) is 5.32 Å². The van der Waals surface area contributed by atoms with Gasteiger partial charge in [0, 0.05) is 38.6 Å². The summed E-state index contributed by atoms with van der Waals surface area (Å²) in [4.78, 5) is 38.4. The van der Waals surface area contributed by atoms with Gasteiger partial charge in [0.1, 0.15) is 0 Å². The van der Waals surface area contributed by atoms with E-state index in [0.29, 0.717) is 32.6 Å². The van der Waals surface area contributed by atoms with Crippen LogP contribution < -0.4 is 5.32 Å². The predicted molar refractivity (Wildman–Crippen MR) is 71.3 cm³/mol. The number of rotatable bonds is 3. The average Bonchev–Trinajstić information content (AvgIpc) is 2.37. The lowest BCUT2D eigenvalue weighted by molar-refractivity contribution is -0.148. The van der Waals surface area contributed by atoms with Crippen molar-refractivity contribution in [3.63, 3.8) is 0 Å². The highest BCUT2D eigenvalue weighted by Crippen LogP contribution is 2.05. The predicted octanol–water partition coefficient (Wildman–Crippen LogP) is -0.0181. The van der Waals surface area contributed by atoms with Gasteiger partial charge in [-0.2, -0.15) is 0 Å². The molecule has 6 nitrogen and oxygen atoms in total. The summed E-state index contributed by atoms with van der Waals surface area (Å²) in [5, 5.41) is 2.58. The molecule has 108 valence electrons. The van der Waals surface area contributed by atoms with Crippen LogP contribution in [0.5, 0.6) is 0 Å². The Morgan fingerprint density at radius 3 is 2.05 bits per heavy atom. The Morgan fingerprint density at radius 2 is 1.58 bits per heavy atom. The maximum Gasteiger partial charge on any atom is 0.312 e. The van der Waals surface area contributed by atoms with Crippen molar-refractivity contribution in [3.05, 3.63) is 0 Å². The molecule has 0 spiro atoms. The highest BCUT2D eigenvalue weighted by molar-refractivity contribution is 6.35. The highest BCUT2D eigenvalue weighted by Gasteiger charge is 2.27. The summed E-state index contributed by atoms with van der Waals surface area (Å²) in [6.07, 6.45) is 1.37. The molecule has 0 unspecified atom stereocenters. The third-order valence-corrected chi connectivity index (χ3v) is 3.00. The molecular formula is C13H23N3O3. The summed E-state index contributed by atoms with van der Waals surface area (Å²) in [6.45, 7) is 7.48. The Balaban J connectivity index is 2.43. The summed E-state index contributed by atoms with van der Waals surface area (Å²) in [5.41, 5.74) is 0. The van der Waals surface area contributed by atoms with Crippen LogP contribution in [-0.4, -0.2) is 59.7 Å². The molecule has 1 rings (SSSR count). The second-order valence-electron chi connectivity index (χ2n) is 5.05. The van der Waals surface area contributed by atoms with Gasteiger partial charge < -0.3 is 15.1 Å². The monoisotopic (exact) mass is 269 g/mol. The summed E-state index contributed by atoms with van der Waals surface area (Å²) in [5.74, 6) is -0.944. The molecule has 19 heavy (non-hydrogen) atoms. The first-order valence-corrected chi connectivity index (χ1v) is 6.83. The Hall–Kier alpha value is -1.59. The molecule has 0 aromatic rings. The third kappa shape index (κ3) is 4.54. The normalized spacial score (nSPS) is 15.6. The number of piperazine rings is 1. The second-order valence-corrected chi connectivity index (χ2v) is 5.05. The van der Waals surface area contributed by atoms with Crippen molar-refractivity contribution in [3.8, 4) is 0 Å². The van der Waals surface area contributed by atoms with Crippen molar-refractivity contribution >= 4 is 17.7 Å². The number of nitrogens with zero attached hydrogens (tertiary/aromatic N) is 2. The molecule has 6 heteroatoms. The van der Waals surface area contributed by atoms with Crippen LogP contribution >= 0.6 is 0 Å². The molecule has 0 radical (unpaired) electrons. The van der Waals surface area contributed by atoms with E-state index in [1.54, 1.807) is 4.90 Å². The van der Waals surface area contributed by atoms with Gasteiger partial charge in [0.05, 0.1) is 0 Å². The van der Waals surface area contributed by atoms with Crippen molar-refractivity contribution in [2.24, 2.45) is 0 Å². The fourth-order valence-electron chi connectivity index (χ4n) is 2.00. The molecule has 1 aliphatic heterocycles. The van der Waals surface area contributed by atoms with E-state index in [9.17, 15) is 14.4 Å². The number of hydrogen-bond acceptors (Lipinski definition) is 3. The zero-order valence-electron chi connectivity index (χ0n) is 11.9. The first kappa shape index (κ1) is 15.5. The highest BCUT2D eigenvalue weighted by atomic mass is 16.2. The van der Waals surface area contributed by atoms with Gasteiger partial charge in [-0.25, -0.2) is 0 Å². The van der Waals surface area contributed by atoms with Gasteiger partial charge in [0.15, 0.2) is 0 Å². The average molecular weight is 269 g/mol. The third-order valence-electron chi connectivity index (χ3n) is 3.00. The number of hydrogen-bond donors (Lipinski definition) is 1. The van der Waals surface area contributed by atoms with E-state index in [0.717, 1.165) is 6.42 Å². The second kappa shape index (κ2) is 7.11. The van der Waals surface area contributed by atoms with Crippen LogP contribution in [0.2, 0.25) is 0 Å². The SMILES string of the molecule is CCCC(=O)N1CCN(C(=O)C(=O)NC(C)C)CC1. The molecule has 0 atom stereocenters. The van der Waals surface area contributed by atoms with Crippen LogP contribution in [0, 0.1) is 0 Å². The van der Waals surface area contributed by atoms with Crippen molar-refractivity contribution < 1.29 is 14.4 Å². The van der Waals surface area contributed by atoms with Crippen LogP contribution in [0.3, 0.4) is 0 Å². The molecule has 1 heterocycles. The van der Waals surface area contributed by atoms with Gasteiger partial charge in [-0.1, -0.05) is 6.92 Å². The Bertz CT molecular complexity index is 347. The van der Waals surface area contributed by atoms with Crippen molar-refractivity contribution in [1.82, 2.24) is 15.1 Å². The van der Waals surface area contributed by atoms with E-state index < -0.39 is 11.8 Å². The maximum atomic E-state index is 11.8. The first-order chi connectivity index (χ1) is 8.95. The van der Waals surface area contributed by atoms with Crippen LogP contribution in [0.15, 0.2) is 0 Å². The van der Waals surface area contributed by atoms with E-state index in [4.69, 9.17) is 0 Å². The van der Waals surface area contributed by atoms with E-state index >= 15 is 0 Å². The van der Waals surface area contributed by atoms with E-state index in [1.165, 1.54) is 4.90 Å². The number of nitrogens with one attached hydrogen (secondary N) is 1. The van der Waals surface area contributed by atoms with Gasteiger partial charge in [-0.05, 0) is 20.3 Å². The van der Waals surface area contributed by atoms with E-state index in [1.807, 2.05) is 20.8 Å². The topological polar surface area (TPSA) is 69.7 Å². The smallest absolute Gasteiger partial charge is 0.312 e. The molecule has 3 amide bonds. The van der Waals surface area contributed by atoms with E-state index in [-0.39, 0.29) is 11.9 Å². The van der Waals surface area contributed by atoms with Crippen LogP contribution in [0.4, 0.5) is 0 Å². The fourth-order valence-corrected chi connectivity index (χ4v) is 2.00. The zero-order valence-corrected chi connectivity index (χ0v) is 11.9. The molecule has 0 bridgehead atoms. The van der Waals surface area contributed by atoms with Crippen molar-refractivity contribution in [1.29, 1.82) is 0 Å². The molecule has 1 N–H and O–H groups in total. The van der Waals surface area contributed by atoms with Gasteiger partial charge >= 0.3 is 11.8 Å². The fraction of sp³-hybridized carbons (Fsp3) is 0.769. The lowest BCUT2D eigenvalue weighted by atomic mass is 10.2. The molecule has 0 aliphatic carbocycles. The molecule has 0 aromatic carbocycles. The molecule has 0 aromatic heterocycles. The maximum absolute atomic E-state index is 11.8. The van der Waals surface area contributed by atoms with Crippen molar-refractivity contribution in [2.75, 3.05) is 26.2 Å². The summed E-state index contributed by atoms with van der Waals surface area (Å²) in [6, 6.07) is -0.0520.